The summed E-state index contributed by atoms with van der Waals surface area (Å²) >= 11 is 0. The average molecular weight is 280 g/mol. The fourth-order valence-electron chi connectivity index (χ4n) is 2.90. The van der Waals surface area contributed by atoms with Gasteiger partial charge in [-0.15, -0.1) is 12.3 Å². The van der Waals surface area contributed by atoms with Gasteiger partial charge in [-0.05, 0) is 12.8 Å². The Hall–Kier alpha value is -1.74. The molecule has 0 spiro atoms. The number of terminal acetylenes is 1. The van der Waals surface area contributed by atoms with Gasteiger partial charge >= 0.3 is 12.0 Å². The molecule has 1 heterocycles. The molecule has 2 amide bonds. The first-order valence-corrected chi connectivity index (χ1v) is 6.98. The van der Waals surface area contributed by atoms with Crippen molar-refractivity contribution < 1.29 is 19.4 Å². The molecule has 2 rings (SSSR count). The van der Waals surface area contributed by atoms with E-state index in [2.05, 4.69) is 11.2 Å². The molecule has 3 atom stereocenters. The number of nitrogens with zero attached hydrogens (tertiary/aromatic N) is 1. The summed E-state index contributed by atoms with van der Waals surface area (Å²) in [7, 11) is 0. The van der Waals surface area contributed by atoms with E-state index >= 15 is 0 Å². The molecule has 2 fully saturated rings. The Morgan fingerprint density at radius 1 is 1.45 bits per heavy atom. The second-order valence-corrected chi connectivity index (χ2v) is 5.20. The van der Waals surface area contributed by atoms with E-state index in [1.54, 1.807) is 4.90 Å². The molecule has 0 aromatic rings. The van der Waals surface area contributed by atoms with Gasteiger partial charge in [-0.2, -0.15) is 0 Å². The van der Waals surface area contributed by atoms with E-state index in [4.69, 9.17) is 16.3 Å². The number of amides is 2. The highest BCUT2D eigenvalue weighted by Crippen LogP contribution is 2.28. The number of urea groups is 1. The van der Waals surface area contributed by atoms with Crippen LogP contribution in [0.15, 0.2) is 0 Å². The lowest BCUT2D eigenvalue weighted by Crippen LogP contribution is -2.59. The van der Waals surface area contributed by atoms with Crippen molar-refractivity contribution in [2.45, 2.75) is 50.3 Å². The van der Waals surface area contributed by atoms with E-state index in [1.807, 2.05) is 0 Å². The second kappa shape index (κ2) is 6.62. The molecule has 1 aliphatic carbocycles. The molecule has 110 valence electrons. The number of carboxylic acid groups (broad SMARTS) is 1. The predicted molar refractivity (Wildman–Crippen MR) is 72.1 cm³/mol. The van der Waals surface area contributed by atoms with E-state index in [9.17, 15) is 9.59 Å². The van der Waals surface area contributed by atoms with Crippen molar-refractivity contribution in [1.29, 1.82) is 0 Å². The Bertz CT molecular complexity index is 416. The van der Waals surface area contributed by atoms with Gasteiger partial charge in [0, 0.05) is 13.0 Å². The topological polar surface area (TPSA) is 78.9 Å². The number of nitrogens with one attached hydrogen (secondary N) is 1. The summed E-state index contributed by atoms with van der Waals surface area (Å²) in [6, 6.07) is -1.33. The molecule has 1 saturated heterocycles. The van der Waals surface area contributed by atoms with E-state index in [0.29, 0.717) is 13.2 Å². The fourth-order valence-corrected chi connectivity index (χ4v) is 2.90. The molecular formula is C14H20N2O4. The predicted octanol–water partition coefficient (Wildman–Crippen LogP) is 0.816. The molecule has 2 aliphatic rings. The Morgan fingerprint density at radius 3 is 2.90 bits per heavy atom. The van der Waals surface area contributed by atoms with Crippen LogP contribution >= 0.6 is 0 Å². The number of rotatable bonds is 3. The van der Waals surface area contributed by atoms with Gasteiger partial charge in [-0.25, -0.2) is 9.59 Å². The van der Waals surface area contributed by atoms with Gasteiger partial charge in [0.05, 0.1) is 18.8 Å². The summed E-state index contributed by atoms with van der Waals surface area (Å²) in [6.45, 7) is 0.997. The second-order valence-electron chi connectivity index (χ2n) is 5.20. The first-order valence-electron chi connectivity index (χ1n) is 6.98. The molecule has 1 aliphatic heterocycles. The quantitative estimate of drug-likeness (QED) is 0.750. The lowest BCUT2D eigenvalue weighted by Gasteiger charge is -2.43. The number of carboxylic acids is 1. The zero-order valence-corrected chi connectivity index (χ0v) is 11.4. The van der Waals surface area contributed by atoms with Crippen LogP contribution in [0.1, 0.15) is 32.1 Å². The number of ether oxygens (including phenoxy) is 1. The first-order chi connectivity index (χ1) is 9.63. The maximum atomic E-state index is 12.3. The minimum Gasteiger partial charge on any atom is -0.480 e. The third kappa shape index (κ3) is 3.23. The van der Waals surface area contributed by atoms with Crippen LogP contribution in [-0.4, -0.2) is 53.3 Å². The maximum absolute atomic E-state index is 12.3. The summed E-state index contributed by atoms with van der Waals surface area (Å²) in [5.74, 6) is 1.17. The van der Waals surface area contributed by atoms with Gasteiger partial charge in [0.15, 0.2) is 0 Å². The van der Waals surface area contributed by atoms with Crippen LogP contribution in [0.5, 0.6) is 0 Å². The van der Waals surface area contributed by atoms with Crippen molar-refractivity contribution in [1.82, 2.24) is 10.2 Å². The van der Waals surface area contributed by atoms with Crippen LogP contribution in [0.3, 0.4) is 0 Å². The van der Waals surface area contributed by atoms with Gasteiger partial charge in [-0.3, -0.25) is 0 Å². The maximum Gasteiger partial charge on any atom is 0.327 e. The fraction of sp³-hybridized carbons (Fsp3) is 0.714. The summed E-state index contributed by atoms with van der Waals surface area (Å²) < 4.78 is 5.69. The van der Waals surface area contributed by atoms with Crippen LogP contribution < -0.4 is 5.32 Å². The van der Waals surface area contributed by atoms with Crippen LogP contribution in [0.25, 0.3) is 0 Å². The monoisotopic (exact) mass is 280 g/mol. The SMILES string of the molecule is C#CCC(NC(=O)N1CCOC2CCCCC21)C(=O)O. The molecule has 0 aromatic heterocycles. The van der Waals surface area contributed by atoms with Crippen LogP contribution in [0.2, 0.25) is 0 Å². The molecule has 0 bridgehead atoms. The van der Waals surface area contributed by atoms with Crippen molar-refractivity contribution in [3.05, 3.63) is 0 Å². The van der Waals surface area contributed by atoms with Crippen molar-refractivity contribution in [3.8, 4) is 12.3 Å². The molecule has 6 heteroatoms. The number of fused-ring (bicyclic) bond motifs is 1. The summed E-state index contributed by atoms with van der Waals surface area (Å²) in [5, 5.41) is 11.5. The lowest BCUT2D eigenvalue weighted by atomic mass is 9.90. The standard InChI is InChI=1S/C14H20N2O4/c1-2-5-10(13(17)18)15-14(19)16-8-9-20-12-7-4-3-6-11(12)16/h1,10-12H,3-9H2,(H,15,19)(H,17,18). The summed E-state index contributed by atoms with van der Waals surface area (Å²) in [5.41, 5.74) is 0. The van der Waals surface area contributed by atoms with Crippen LogP contribution in [0, 0.1) is 12.3 Å². The molecule has 6 nitrogen and oxygen atoms in total. The molecule has 20 heavy (non-hydrogen) atoms. The molecular weight excluding hydrogens is 260 g/mol. The van der Waals surface area contributed by atoms with Gasteiger partial charge in [0.25, 0.3) is 0 Å². The zero-order valence-electron chi connectivity index (χ0n) is 11.4. The first kappa shape index (κ1) is 14.7. The Balaban J connectivity index is 2.00. The molecule has 3 unspecified atom stereocenters. The van der Waals surface area contributed by atoms with E-state index in [1.165, 1.54) is 0 Å². The van der Waals surface area contributed by atoms with Gasteiger partial charge < -0.3 is 20.1 Å². The van der Waals surface area contributed by atoms with Gasteiger partial charge in [-0.1, -0.05) is 12.8 Å². The van der Waals surface area contributed by atoms with Crippen LogP contribution in [-0.2, 0) is 9.53 Å². The largest absolute Gasteiger partial charge is 0.480 e. The Kier molecular flexibility index (Phi) is 4.85. The minimum atomic E-state index is -1.11. The van der Waals surface area contributed by atoms with Crippen molar-refractivity contribution >= 4 is 12.0 Å². The highest BCUT2D eigenvalue weighted by Gasteiger charge is 2.37. The number of carbonyl (C=O) groups excluding carboxylic acids is 1. The van der Waals surface area contributed by atoms with Crippen molar-refractivity contribution in [2.24, 2.45) is 0 Å². The van der Waals surface area contributed by atoms with Gasteiger partial charge in [0.1, 0.15) is 6.04 Å². The normalized spacial score (nSPS) is 27.1. The molecule has 1 saturated carbocycles. The number of hydrogen-bond acceptors (Lipinski definition) is 3. The average Bonchev–Trinajstić information content (AvgIpc) is 2.46. The van der Waals surface area contributed by atoms with E-state index in [0.717, 1.165) is 25.7 Å². The molecule has 0 aromatic carbocycles. The lowest BCUT2D eigenvalue weighted by molar-refractivity contribution is -0.139. The summed E-state index contributed by atoms with van der Waals surface area (Å²) in [6.07, 6.45) is 9.25. The van der Waals surface area contributed by atoms with Crippen molar-refractivity contribution in [2.75, 3.05) is 13.2 Å². The minimum absolute atomic E-state index is 0.0144. The van der Waals surface area contributed by atoms with E-state index < -0.39 is 12.0 Å². The third-order valence-electron chi connectivity index (χ3n) is 3.91. The Morgan fingerprint density at radius 2 is 2.20 bits per heavy atom. The highest BCUT2D eigenvalue weighted by atomic mass is 16.5. The highest BCUT2D eigenvalue weighted by molar-refractivity contribution is 5.83. The number of morpholine rings is 1. The Labute approximate surface area is 118 Å². The van der Waals surface area contributed by atoms with Crippen LogP contribution in [0.4, 0.5) is 4.79 Å². The molecule has 0 radical (unpaired) electrons. The summed E-state index contributed by atoms with van der Waals surface area (Å²) in [4.78, 5) is 25.0. The van der Waals surface area contributed by atoms with Crippen molar-refractivity contribution in [3.63, 3.8) is 0 Å². The number of hydrogen-bond donors (Lipinski definition) is 2. The smallest absolute Gasteiger partial charge is 0.327 e. The number of carbonyl (C=O) groups is 2. The van der Waals surface area contributed by atoms with E-state index in [-0.39, 0.29) is 24.6 Å². The van der Waals surface area contributed by atoms with Gasteiger partial charge in [0.2, 0.25) is 0 Å². The zero-order chi connectivity index (χ0) is 14.5. The molecule has 2 N–H and O–H groups in total. The number of aliphatic carboxylic acids is 1. The third-order valence-corrected chi connectivity index (χ3v) is 3.91.